The lowest BCUT2D eigenvalue weighted by atomic mass is 10.2. The number of nitrogens with zero attached hydrogens (tertiary/aromatic N) is 4. The maximum Gasteiger partial charge on any atom is 0.263 e. The fourth-order valence-corrected chi connectivity index (χ4v) is 4.30. The highest BCUT2D eigenvalue weighted by molar-refractivity contribution is 7.89. The van der Waals surface area contributed by atoms with Gasteiger partial charge in [-0.15, -0.1) is 0 Å². The van der Waals surface area contributed by atoms with E-state index in [-0.39, 0.29) is 11.5 Å². The molecule has 1 atom stereocenters. The minimum absolute atomic E-state index is 0.0987. The fraction of sp³-hybridized carbons (Fsp3) is 0.467. The fourth-order valence-electron chi connectivity index (χ4n) is 2.70. The molecule has 1 saturated heterocycles. The molecule has 1 aliphatic rings. The summed E-state index contributed by atoms with van der Waals surface area (Å²) < 4.78 is 61.0. The zero-order chi connectivity index (χ0) is 18.1. The molecule has 3 rings (SSSR count). The van der Waals surface area contributed by atoms with Gasteiger partial charge in [0.2, 0.25) is 10.0 Å². The quantitative estimate of drug-likeness (QED) is 0.772. The Morgan fingerprint density at radius 1 is 1.40 bits per heavy atom. The van der Waals surface area contributed by atoms with Crippen LogP contribution < -0.4 is 4.74 Å². The van der Waals surface area contributed by atoms with Gasteiger partial charge in [-0.05, 0) is 19.1 Å². The largest absolute Gasteiger partial charge is 0.490 e. The minimum Gasteiger partial charge on any atom is -0.490 e. The van der Waals surface area contributed by atoms with Crippen LogP contribution in [0.1, 0.15) is 13.3 Å². The number of hydrogen-bond donors (Lipinski definition) is 0. The summed E-state index contributed by atoms with van der Waals surface area (Å²) in [6.45, 7) is 1.24. The van der Waals surface area contributed by atoms with Crippen LogP contribution >= 0.6 is 0 Å². The van der Waals surface area contributed by atoms with Crippen LogP contribution in [0.5, 0.6) is 5.75 Å². The van der Waals surface area contributed by atoms with Gasteiger partial charge in [-0.2, -0.15) is 9.40 Å². The first-order valence-electron chi connectivity index (χ1n) is 7.77. The first-order chi connectivity index (χ1) is 11.8. The van der Waals surface area contributed by atoms with Crippen LogP contribution in [0.3, 0.4) is 0 Å². The summed E-state index contributed by atoms with van der Waals surface area (Å²) in [5.41, 5.74) is 0. The third-order valence-electron chi connectivity index (χ3n) is 3.95. The van der Waals surface area contributed by atoms with Gasteiger partial charge in [-0.3, -0.25) is 9.67 Å². The van der Waals surface area contributed by atoms with Crippen molar-refractivity contribution in [2.75, 3.05) is 13.2 Å². The average molecular weight is 372 g/mol. The summed E-state index contributed by atoms with van der Waals surface area (Å²) in [6.07, 6.45) is 4.92. The highest BCUT2D eigenvalue weighted by Gasteiger charge is 2.50. The molecular weight excluding hydrogens is 354 g/mol. The van der Waals surface area contributed by atoms with Crippen LogP contribution in [-0.4, -0.2) is 52.6 Å². The molecule has 0 spiro atoms. The molecule has 0 saturated carbocycles. The second-order valence-corrected chi connectivity index (χ2v) is 7.69. The van der Waals surface area contributed by atoms with Crippen LogP contribution in [0.15, 0.2) is 41.8 Å². The van der Waals surface area contributed by atoms with E-state index in [0.717, 1.165) is 4.31 Å². The Labute approximate surface area is 144 Å². The lowest BCUT2D eigenvalue weighted by molar-refractivity contribution is 0.0163. The van der Waals surface area contributed by atoms with Gasteiger partial charge < -0.3 is 4.74 Å². The van der Waals surface area contributed by atoms with Crippen molar-refractivity contribution in [3.63, 3.8) is 0 Å². The molecule has 2 aromatic rings. The third-order valence-corrected chi connectivity index (χ3v) is 5.80. The first-order valence-corrected chi connectivity index (χ1v) is 9.21. The molecule has 0 unspecified atom stereocenters. The zero-order valence-electron chi connectivity index (χ0n) is 13.5. The molecule has 0 amide bonds. The monoisotopic (exact) mass is 372 g/mol. The van der Waals surface area contributed by atoms with Crippen LogP contribution in [0, 0.1) is 0 Å². The van der Waals surface area contributed by atoms with E-state index in [1.54, 1.807) is 25.3 Å². The number of pyridine rings is 1. The van der Waals surface area contributed by atoms with Gasteiger partial charge in [0, 0.05) is 25.4 Å². The molecule has 2 aromatic heterocycles. The number of hydrogen-bond acceptors (Lipinski definition) is 5. The molecule has 7 nitrogen and oxygen atoms in total. The van der Waals surface area contributed by atoms with E-state index in [1.807, 2.05) is 0 Å². The molecule has 3 heterocycles. The van der Waals surface area contributed by atoms with Gasteiger partial charge >= 0.3 is 0 Å². The Kier molecular flexibility index (Phi) is 4.74. The van der Waals surface area contributed by atoms with E-state index >= 15 is 0 Å². The summed E-state index contributed by atoms with van der Waals surface area (Å²) in [4.78, 5) is 3.77. The van der Waals surface area contributed by atoms with Gasteiger partial charge in [0.15, 0.2) is 0 Å². The van der Waals surface area contributed by atoms with Crippen molar-refractivity contribution in [3.8, 4) is 5.75 Å². The van der Waals surface area contributed by atoms with E-state index in [1.165, 1.54) is 23.3 Å². The lowest BCUT2D eigenvalue weighted by Crippen LogP contribution is -2.39. The van der Waals surface area contributed by atoms with Crippen molar-refractivity contribution in [2.24, 2.45) is 0 Å². The molecule has 0 aliphatic carbocycles. The molecule has 136 valence electrons. The summed E-state index contributed by atoms with van der Waals surface area (Å²) >= 11 is 0. The van der Waals surface area contributed by atoms with Crippen LogP contribution in [0.2, 0.25) is 0 Å². The normalized spacial score (nSPS) is 20.7. The highest BCUT2D eigenvalue weighted by Crippen LogP contribution is 2.36. The highest BCUT2D eigenvalue weighted by atomic mass is 32.2. The van der Waals surface area contributed by atoms with Gasteiger partial charge in [0.25, 0.3) is 5.92 Å². The number of halogens is 2. The van der Waals surface area contributed by atoms with Crippen LogP contribution in [0.4, 0.5) is 8.78 Å². The number of sulfonamides is 1. The summed E-state index contributed by atoms with van der Waals surface area (Å²) in [5.74, 6) is -2.70. The van der Waals surface area contributed by atoms with E-state index in [2.05, 4.69) is 10.1 Å². The standard InChI is InChI=1S/C15H18F2N4O3S/c1-2-20-9-14(8-19-20)25(22,23)21-11-15(16,17)6-12(21)10-24-13-4-3-5-18-7-13/h3-5,7-9,12H,2,6,10-11H2,1H3/t12-/m0/s1. The molecular formula is C15H18F2N4O3S. The predicted octanol–water partition coefficient (Wildman–Crippen LogP) is 1.78. The number of ether oxygens (including phenoxy) is 1. The van der Waals surface area contributed by atoms with Crippen molar-refractivity contribution in [3.05, 3.63) is 36.9 Å². The van der Waals surface area contributed by atoms with E-state index in [4.69, 9.17) is 4.74 Å². The van der Waals surface area contributed by atoms with E-state index in [9.17, 15) is 17.2 Å². The Bertz CT molecular complexity index is 826. The molecule has 10 heteroatoms. The Balaban J connectivity index is 1.81. The number of aryl methyl sites for hydroxylation is 1. The van der Waals surface area contributed by atoms with Gasteiger partial charge in [0.05, 0.1) is 25.0 Å². The predicted molar refractivity (Wildman–Crippen MR) is 84.9 cm³/mol. The topological polar surface area (TPSA) is 77.3 Å². The second-order valence-electron chi connectivity index (χ2n) is 5.80. The zero-order valence-corrected chi connectivity index (χ0v) is 14.4. The van der Waals surface area contributed by atoms with Crippen LogP contribution in [-0.2, 0) is 16.6 Å². The number of aromatic nitrogens is 3. The molecule has 25 heavy (non-hydrogen) atoms. The smallest absolute Gasteiger partial charge is 0.263 e. The van der Waals surface area contributed by atoms with Gasteiger partial charge in [-0.1, -0.05) is 0 Å². The van der Waals surface area contributed by atoms with Crippen molar-refractivity contribution in [1.82, 2.24) is 19.1 Å². The Hall–Kier alpha value is -2.07. The maximum absolute atomic E-state index is 13.9. The third kappa shape index (κ3) is 3.79. The molecule has 0 bridgehead atoms. The van der Waals surface area contributed by atoms with Gasteiger partial charge in [0.1, 0.15) is 17.3 Å². The van der Waals surface area contributed by atoms with Crippen LogP contribution in [0.25, 0.3) is 0 Å². The van der Waals surface area contributed by atoms with Gasteiger partial charge in [-0.25, -0.2) is 17.2 Å². The first kappa shape index (κ1) is 17.7. The molecule has 0 aromatic carbocycles. The lowest BCUT2D eigenvalue weighted by Gasteiger charge is -2.22. The Morgan fingerprint density at radius 2 is 2.20 bits per heavy atom. The summed E-state index contributed by atoms with van der Waals surface area (Å²) in [5, 5.41) is 3.91. The van der Waals surface area contributed by atoms with E-state index < -0.39 is 35.0 Å². The van der Waals surface area contributed by atoms with Crippen molar-refractivity contribution in [1.29, 1.82) is 0 Å². The molecule has 1 fully saturated rings. The minimum atomic E-state index is -4.08. The SMILES string of the molecule is CCn1cc(S(=O)(=O)N2CC(F)(F)C[C@H]2COc2cccnc2)cn1. The van der Waals surface area contributed by atoms with Crippen molar-refractivity contribution in [2.45, 2.75) is 36.7 Å². The van der Waals surface area contributed by atoms with Crippen molar-refractivity contribution < 1.29 is 21.9 Å². The number of alkyl halides is 2. The molecule has 0 N–H and O–H groups in total. The Morgan fingerprint density at radius 3 is 2.84 bits per heavy atom. The average Bonchev–Trinajstić information content (AvgIpc) is 3.18. The van der Waals surface area contributed by atoms with Crippen molar-refractivity contribution >= 4 is 10.0 Å². The maximum atomic E-state index is 13.9. The summed E-state index contributed by atoms with van der Waals surface area (Å²) in [7, 11) is -4.08. The summed E-state index contributed by atoms with van der Waals surface area (Å²) in [6, 6.07) is 2.31. The second kappa shape index (κ2) is 6.68. The van der Waals surface area contributed by atoms with E-state index in [0.29, 0.717) is 12.3 Å². The molecule has 1 aliphatic heterocycles. The number of rotatable bonds is 6. The molecule has 0 radical (unpaired) electrons.